The summed E-state index contributed by atoms with van der Waals surface area (Å²) in [7, 11) is -3.77. The molecule has 1 heterocycles. The van der Waals surface area contributed by atoms with E-state index in [-0.39, 0.29) is 4.90 Å². The van der Waals surface area contributed by atoms with Gasteiger partial charge in [-0.25, -0.2) is 0 Å². The average molecular weight is 366 g/mol. The van der Waals surface area contributed by atoms with Gasteiger partial charge in [-0.3, -0.25) is 0 Å². The molecule has 21 heavy (non-hydrogen) atoms. The second-order valence-corrected chi connectivity index (χ2v) is 7.38. The maximum Gasteiger partial charge on any atom is 0.285 e. The molecular weight excluding hydrogens is 354 g/mol. The molecule has 2 aromatic carbocycles. The van der Waals surface area contributed by atoms with Crippen LogP contribution in [-0.2, 0) is 10.0 Å². The third-order valence-corrected chi connectivity index (χ3v) is 5.86. The number of aryl methyl sites for hydroxylation is 2. The van der Waals surface area contributed by atoms with Crippen LogP contribution < -0.4 is 0 Å². The lowest BCUT2D eigenvalue weighted by Gasteiger charge is -2.10. The highest BCUT2D eigenvalue weighted by Gasteiger charge is 2.23. The molecule has 0 atom stereocenters. The Morgan fingerprint density at radius 1 is 1.10 bits per heavy atom. The van der Waals surface area contributed by atoms with Crippen LogP contribution in [0, 0.1) is 13.8 Å². The van der Waals surface area contributed by atoms with Crippen LogP contribution in [0.3, 0.4) is 0 Å². The fourth-order valence-corrected chi connectivity index (χ4v) is 4.13. The molecule has 3 aromatic rings. The Morgan fingerprint density at radius 2 is 1.81 bits per heavy atom. The average Bonchev–Trinajstić information content (AvgIpc) is 2.87. The van der Waals surface area contributed by atoms with Gasteiger partial charge in [0.15, 0.2) is 0 Å². The van der Waals surface area contributed by atoms with E-state index in [1.165, 1.54) is 0 Å². The Hall–Kier alpha value is -1.73. The van der Waals surface area contributed by atoms with Gasteiger partial charge in [0.05, 0.1) is 4.90 Å². The van der Waals surface area contributed by atoms with Gasteiger partial charge in [0.1, 0.15) is 11.0 Å². The first-order valence-electron chi connectivity index (χ1n) is 6.24. The summed E-state index contributed by atoms with van der Waals surface area (Å²) in [6, 6.07) is 10.4. The third kappa shape index (κ3) is 2.26. The lowest BCUT2D eigenvalue weighted by atomic mass is 10.2. The molecule has 3 rings (SSSR count). The molecule has 0 N–H and O–H groups in total. The minimum absolute atomic E-state index is 0.235. The van der Waals surface area contributed by atoms with E-state index in [0.717, 1.165) is 14.1 Å². The first-order valence-corrected chi connectivity index (χ1v) is 8.47. The predicted octanol–water partition coefficient (Wildman–Crippen LogP) is 3.05. The number of para-hydroxylation sites is 1. The van der Waals surface area contributed by atoms with E-state index in [0.29, 0.717) is 16.6 Å². The molecule has 7 heteroatoms. The molecule has 108 valence electrons. The topological polar surface area (TPSA) is 64.8 Å². The maximum absolute atomic E-state index is 12.8. The van der Waals surface area contributed by atoms with Crippen molar-refractivity contribution in [2.24, 2.45) is 0 Å². The second-order valence-electron chi connectivity index (χ2n) is 4.79. The quantitative estimate of drug-likeness (QED) is 0.699. The maximum atomic E-state index is 12.8. The van der Waals surface area contributed by atoms with Crippen molar-refractivity contribution in [3.8, 4) is 0 Å². The summed E-state index contributed by atoms with van der Waals surface area (Å²) < 4.78 is 27.5. The molecule has 0 unspecified atom stereocenters. The summed E-state index contributed by atoms with van der Waals surface area (Å²) in [5, 5.41) is 7.71. The van der Waals surface area contributed by atoms with Gasteiger partial charge in [-0.1, -0.05) is 33.3 Å². The molecule has 1 aromatic heterocycles. The molecule has 0 radical (unpaired) electrons. The fraction of sp³-hybridized carbons (Fsp3) is 0.143. The number of hydrogen-bond acceptors (Lipinski definition) is 4. The number of aromatic nitrogens is 3. The first kappa shape index (κ1) is 14.2. The van der Waals surface area contributed by atoms with Gasteiger partial charge >= 0.3 is 0 Å². The highest BCUT2D eigenvalue weighted by Crippen LogP contribution is 2.26. The van der Waals surface area contributed by atoms with E-state index in [1.54, 1.807) is 43.3 Å². The van der Waals surface area contributed by atoms with Crippen molar-refractivity contribution in [1.82, 2.24) is 14.4 Å². The van der Waals surface area contributed by atoms with Crippen molar-refractivity contribution in [3.05, 3.63) is 52.0 Å². The monoisotopic (exact) mass is 365 g/mol. The molecule has 0 fully saturated rings. The van der Waals surface area contributed by atoms with E-state index >= 15 is 0 Å². The number of nitrogens with zero attached hydrogens (tertiary/aromatic N) is 3. The Labute approximate surface area is 130 Å². The molecule has 0 aliphatic carbocycles. The second kappa shape index (κ2) is 4.92. The molecular formula is C14H12BrN3O2S. The first-order chi connectivity index (χ1) is 9.91. The Morgan fingerprint density at radius 3 is 2.57 bits per heavy atom. The van der Waals surface area contributed by atoms with Crippen LogP contribution >= 0.6 is 15.9 Å². The zero-order chi connectivity index (χ0) is 15.2. The van der Waals surface area contributed by atoms with E-state index in [4.69, 9.17) is 0 Å². The van der Waals surface area contributed by atoms with Crippen molar-refractivity contribution >= 4 is 37.0 Å². The number of halogens is 1. The summed E-state index contributed by atoms with van der Waals surface area (Å²) in [6.07, 6.45) is 0. The van der Waals surface area contributed by atoms with Gasteiger partial charge in [-0.15, -0.1) is 9.19 Å². The summed E-state index contributed by atoms with van der Waals surface area (Å²) in [5.41, 5.74) is 2.53. The Balaban J connectivity index is 2.29. The van der Waals surface area contributed by atoms with Crippen LogP contribution in [0.4, 0.5) is 0 Å². The van der Waals surface area contributed by atoms with Gasteiger partial charge in [-0.2, -0.15) is 8.42 Å². The third-order valence-electron chi connectivity index (χ3n) is 3.28. The van der Waals surface area contributed by atoms with Crippen molar-refractivity contribution < 1.29 is 8.42 Å². The number of rotatable bonds is 2. The minimum Gasteiger partial charge on any atom is -0.199 e. The summed E-state index contributed by atoms with van der Waals surface area (Å²) in [6.45, 7) is 3.61. The van der Waals surface area contributed by atoms with Crippen LogP contribution in [-0.4, -0.2) is 22.8 Å². The smallest absolute Gasteiger partial charge is 0.199 e. The molecule has 0 spiro atoms. The molecule has 0 bridgehead atoms. The number of benzene rings is 2. The van der Waals surface area contributed by atoms with Crippen LogP contribution in [0.1, 0.15) is 11.1 Å². The fourth-order valence-electron chi connectivity index (χ4n) is 2.15. The van der Waals surface area contributed by atoms with Gasteiger partial charge in [0.2, 0.25) is 0 Å². The lowest BCUT2D eigenvalue weighted by Crippen LogP contribution is -2.16. The molecule has 0 saturated carbocycles. The minimum atomic E-state index is -3.77. The van der Waals surface area contributed by atoms with Crippen molar-refractivity contribution in [2.75, 3.05) is 0 Å². The summed E-state index contributed by atoms with van der Waals surface area (Å²) >= 11 is 3.41. The molecule has 0 aliphatic rings. The Kier molecular flexibility index (Phi) is 3.33. The number of fused-ring (bicyclic) bond motifs is 1. The SMILES string of the molecule is Cc1cc(S(=O)(=O)n2nnc3ccccc32)c(C)cc1Br. The molecule has 0 saturated heterocycles. The van der Waals surface area contributed by atoms with Gasteiger partial charge in [-0.05, 0) is 49.2 Å². The van der Waals surface area contributed by atoms with Crippen LogP contribution in [0.5, 0.6) is 0 Å². The van der Waals surface area contributed by atoms with E-state index in [2.05, 4.69) is 26.2 Å². The summed E-state index contributed by atoms with van der Waals surface area (Å²) in [5.74, 6) is 0. The normalized spacial score (nSPS) is 12.0. The largest absolute Gasteiger partial charge is 0.285 e. The predicted molar refractivity (Wildman–Crippen MR) is 83.7 cm³/mol. The zero-order valence-electron chi connectivity index (χ0n) is 11.4. The van der Waals surface area contributed by atoms with Crippen molar-refractivity contribution in [1.29, 1.82) is 0 Å². The van der Waals surface area contributed by atoms with Crippen LogP contribution in [0.2, 0.25) is 0 Å². The van der Waals surface area contributed by atoms with E-state index in [9.17, 15) is 8.42 Å². The highest BCUT2D eigenvalue weighted by molar-refractivity contribution is 9.10. The lowest BCUT2D eigenvalue weighted by molar-refractivity contribution is 0.578. The van der Waals surface area contributed by atoms with Gasteiger partial charge in [0.25, 0.3) is 10.0 Å². The standard InChI is InChI=1S/C14H12BrN3O2S/c1-9-8-14(10(2)7-11(9)15)21(19,20)18-13-6-4-3-5-12(13)16-17-18/h3-8H,1-2H3. The number of hydrogen-bond donors (Lipinski definition) is 0. The van der Waals surface area contributed by atoms with Crippen LogP contribution in [0.25, 0.3) is 11.0 Å². The zero-order valence-corrected chi connectivity index (χ0v) is 13.8. The van der Waals surface area contributed by atoms with Crippen molar-refractivity contribution in [3.63, 3.8) is 0 Å². The van der Waals surface area contributed by atoms with Gasteiger partial charge < -0.3 is 0 Å². The van der Waals surface area contributed by atoms with Gasteiger partial charge in [0, 0.05) is 4.47 Å². The summed E-state index contributed by atoms with van der Waals surface area (Å²) in [4.78, 5) is 0.235. The van der Waals surface area contributed by atoms with E-state index < -0.39 is 10.0 Å². The molecule has 0 aliphatic heterocycles. The van der Waals surface area contributed by atoms with Crippen LogP contribution in [0.15, 0.2) is 45.8 Å². The van der Waals surface area contributed by atoms with E-state index in [1.807, 2.05) is 6.92 Å². The molecule has 0 amide bonds. The highest BCUT2D eigenvalue weighted by atomic mass is 79.9. The Bertz CT molecular complexity index is 948. The molecule has 5 nitrogen and oxygen atoms in total. The van der Waals surface area contributed by atoms with Crippen molar-refractivity contribution in [2.45, 2.75) is 18.7 Å².